The molecule has 1 amide bonds. The molecule has 0 saturated heterocycles. The predicted octanol–water partition coefficient (Wildman–Crippen LogP) is 4.45. The van der Waals surface area contributed by atoms with Crippen LogP contribution in [0, 0.1) is 13.8 Å². The van der Waals surface area contributed by atoms with Gasteiger partial charge in [0.1, 0.15) is 17.9 Å². The number of carbonyl (C=O) groups excluding carboxylic acids is 2. The summed E-state index contributed by atoms with van der Waals surface area (Å²) < 4.78 is 5.25. The van der Waals surface area contributed by atoms with Crippen molar-refractivity contribution in [1.29, 1.82) is 0 Å². The fourth-order valence-electron chi connectivity index (χ4n) is 2.93. The highest BCUT2D eigenvalue weighted by Crippen LogP contribution is 2.22. The summed E-state index contributed by atoms with van der Waals surface area (Å²) >= 11 is 0. The summed E-state index contributed by atoms with van der Waals surface area (Å²) in [6.07, 6.45) is 1.70. The van der Waals surface area contributed by atoms with Crippen LogP contribution in [0.25, 0.3) is 0 Å². The minimum Gasteiger partial charge on any atom is -0.496 e. The quantitative estimate of drug-likeness (QED) is 0.539. The van der Waals surface area contributed by atoms with Crippen LogP contribution in [0.3, 0.4) is 0 Å². The Labute approximate surface area is 175 Å². The summed E-state index contributed by atoms with van der Waals surface area (Å²) in [4.78, 5) is 33.0. The molecule has 154 valence electrons. The third kappa shape index (κ3) is 5.64. The van der Waals surface area contributed by atoms with Crippen molar-refractivity contribution in [1.82, 2.24) is 9.97 Å². The molecule has 1 aromatic heterocycles. The highest BCUT2D eigenvalue weighted by atomic mass is 16.5. The van der Waals surface area contributed by atoms with Crippen LogP contribution in [0.4, 0.5) is 17.2 Å². The van der Waals surface area contributed by atoms with Gasteiger partial charge in [0.15, 0.2) is 5.78 Å². The van der Waals surface area contributed by atoms with Crippen molar-refractivity contribution in [2.24, 2.45) is 0 Å². The Kier molecular flexibility index (Phi) is 6.75. The number of Topliss-reactive ketones (excluding diaryl/α,β-unsaturated/α-hetero) is 1. The van der Waals surface area contributed by atoms with E-state index in [-0.39, 0.29) is 24.5 Å². The Hall–Kier alpha value is -3.74. The van der Waals surface area contributed by atoms with Gasteiger partial charge in [-0.15, -0.1) is 0 Å². The van der Waals surface area contributed by atoms with E-state index in [4.69, 9.17) is 4.74 Å². The molecule has 0 aliphatic carbocycles. The zero-order valence-corrected chi connectivity index (χ0v) is 17.2. The van der Waals surface area contributed by atoms with Gasteiger partial charge in [-0.2, -0.15) is 0 Å². The largest absolute Gasteiger partial charge is 0.496 e. The molecule has 0 unspecified atom stereocenters. The van der Waals surface area contributed by atoms with Gasteiger partial charge in [0.2, 0.25) is 5.91 Å². The van der Waals surface area contributed by atoms with Crippen molar-refractivity contribution in [2.45, 2.75) is 26.7 Å². The number of ketones is 1. The molecule has 3 aromatic rings. The summed E-state index contributed by atoms with van der Waals surface area (Å²) in [5.41, 5.74) is 3.84. The van der Waals surface area contributed by atoms with Crippen LogP contribution >= 0.6 is 0 Å². The normalized spacial score (nSPS) is 10.4. The Morgan fingerprint density at radius 2 is 1.67 bits per heavy atom. The van der Waals surface area contributed by atoms with Crippen LogP contribution in [0.15, 0.2) is 54.9 Å². The third-order valence-corrected chi connectivity index (χ3v) is 4.48. The molecular weight excluding hydrogens is 380 g/mol. The highest BCUT2D eigenvalue weighted by Gasteiger charge is 2.14. The monoisotopic (exact) mass is 404 g/mol. The molecule has 7 nitrogen and oxygen atoms in total. The number of nitrogens with one attached hydrogen (secondary N) is 2. The van der Waals surface area contributed by atoms with E-state index in [0.717, 1.165) is 16.9 Å². The second kappa shape index (κ2) is 9.65. The lowest BCUT2D eigenvalue weighted by atomic mass is 10.0. The van der Waals surface area contributed by atoms with Crippen molar-refractivity contribution in [3.8, 4) is 5.75 Å². The summed E-state index contributed by atoms with van der Waals surface area (Å²) in [5.74, 6) is 0.879. The second-order valence-electron chi connectivity index (χ2n) is 6.92. The van der Waals surface area contributed by atoms with E-state index in [1.54, 1.807) is 24.3 Å². The van der Waals surface area contributed by atoms with Crippen LogP contribution in [0.1, 0.15) is 34.5 Å². The number of methoxy groups -OCH3 is 1. The number of amides is 1. The molecule has 3 rings (SSSR count). The van der Waals surface area contributed by atoms with Crippen LogP contribution < -0.4 is 15.4 Å². The fraction of sp³-hybridized carbons (Fsp3) is 0.217. The number of benzene rings is 2. The van der Waals surface area contributed by atoms with Crippen LogP contribution in [0.2, 0.25) is 0 Å². The van der Waals surface area contributed by atoms with E-state index < -0.39 is 0 Å². The van der Waals surface area contributed by atoms with E-state index >= 15 is 0 Å². The van der Waals surface area contributed by atoms with Crippen LogP contribution in [-0.4, -0.2) is 28.8 Å². The second-order valence-corrected chi connectivity index (χ2v) is 6.92. The molecule has 30 heavy (non-hydrogen) atoms. The predicted molar refractivity (Wildman–Crippen MR) is 116 cm³/mol. The fourth-order valence-corrected chi connectivity index (χ4v) is 2.93. The van der Waals surface area contributed by atoms with Crippen molar-refractivity contribution in [3.63, 3.8) is 0 Å². The first kappa shape index (κ1) is 21.0. The number of ether oxygens (including phenoxy) is 1. The zero-order valence-electron chi connectivity index (χ0n) is 17.2. The van der Waals surface area contributed by atoms with Gasteiger partial charge in [0.25, 0.3) is 0 Å². The highest BCUT2D eigenvalue weighted by molar-refractivity contribution is 6.01. The SMILES string of the molecule is COc1ccc(C)cc1C(=O)CCC(=O)Nc1ccc(Nc2cc(C)ncn2)cc1. The van der Waals surface area contributed by atoms with Gasteiger partial charge in [-0.3, -0.25) is 9.59 Å². The maximum atomic E-state index is 12.5. The average molecular weight is 404 g/mol. The van der Waals surface area contributed by atoms with Gasteiger partial charge < -0.3 is 15.4 Å². The van der Waals surface area contributed by atoms with E-state index in [9.17, 15) is 9.59 Å². The minimum atomic E-state index is -0.220. The Morgan fingerprint density at radius 1 is 0.933 bits per heavy atom. The molecule has 0 saturated carbocycles. The lowest BCUT2D eigenvalue weighted by molar-refractivity contribution is -0.116. The molecular formula is C23H24N4O3. The van der Waals surface area contributed by atoms with Gasteiger partial charge in [0, 0.05) is 36.0 Å². The van der Waals surface area contributed by atoms with E-state index in [1.807, 2.05) is 38.1 Å². The topological polar surface area (TPSA) is 93.2 Å². The van der Waals surface area contributed by atoms with Crippen LogP contribution in [0.5, 0.6) is 5.75 Å². The smallest absolute Gasteiger partial charge is 0.224 e. The first-order valence-corrected chi connectivity index (χ1v) is 9.58. The molecule has 0 aliphatic rings. The van der Waals surface area contributed by atoms with Gasteiger partial charge >= 0.3 is 0 Å². The van der Waals surface area contributed by atoms with E-state index in [1.165, 1.54) is 13.4 Å². The van der Waals surface area contributed by atoms with Gasteiger partial charge in [-0.25, -0.2) is 9.97 Å². The van der Waals surface area contributed by atoms with Gasteiger partial charge in [0.05, 0.1) is 12.7 Å². The molecule has 0 fully saturated rings. The maximum absolute atomic E-state index is 12.5. The molecule has 2 aromatic carbocycles. The van der Waals surface area contributed by atoms with Crippen molar-refractivity contribution < 1.29 is 14.3 Å². The third-order valence-electron chi connectivity index (χ3n) is 4.48. The van der Waals surface area contributed by atoms with Crippen molar-refractivity contribution >= 4 is 28.9 Å². The molecule has 1 heterocycles. The van der Waals surface area contributed by atoms with Gasteiger partial charge in [-0.05, 0) is 50.2 Å². The molecule has 0 bridgehead atoms. The number of nitrogens with zero attached hydrogens (tertiary/aromatic N) is 2. The number of hydrogen-bond donors (Lipinski definition) is 2. The summed E-state index contributed by atoms with van der Waals surface area (Å²) in [5, 5.41) is 5.99. The van der Waals surface area contributed by atoms with Crippen molar-refractivity contribution in [3.05, 3.63) is 71.7 Å². The molecule has 2 N–H and O–H groups in total. The number of aromatic nitrogens is 2. The van der Waals surface area contributed by atoms with E-state index in [2.05, 4.69) is 20.6 Å². The minimum absolute atomic E-state index is 0.0934. The summed E-state index contributed by atoms with van der Waals surface area (Å²) in [7, 11) is 1.53. The van der Waals surface area contributed by atoms with E-state index in [0.29, 0.717) is 22.8 Å². The number of anilines is 3. The molecule has 0 spiro atoms. The molecule has 0 radical (unpaired) electrons. The van der Waals surface area contributed by atoms with Gasteiger partial charge in [-0.1, -0.05) is 11.6 Å². The van der Waals surface area contributed by atoms with Crippen molar-refractivity contribution in [2.75, 3.05) is 17.7 Å². The number of rotatable bonds is 8. The maximum Gasteiger partial charge on any atom is 0.224 e. The lowest BCUT2D eigenvalue weighted by Crippen LogP contribution is -2.14. The Bertz CT molecular complexity index is 1050. The average Bonchev–Trinajstić information content (AvgIpc) is 2.73. The standard InChI is InChI=1S/C23H24N4O3/c1-15-4-10-21(30-3)19(12-15)20(28)9-11-23(29)27-18-7-5-17(6-8-18)26-22-13-16(2)24-14-25-22/h4-8,10,12-14H,9,11H2,1-3H3,(H,27,29)(H,24,25,26). The molecule has 0 atom stereocenters. The first-order valence-electron chi connectivity index (χ1n) is 9.58. The first-order chi connectivity index (χ1) is 14.4. The zero-order chi connectivity index (χ0) is 21.5. The van der Waals surface area contributed by atoms with Crippen LogP contribution in [-0.2, 0) is 4.79 Å². The Balaban J connectivity index is 1.53. The lowest BCUT2D eigenvalue weighted by Gasteiger charge is -2.10. The molecule has 0 aliphatic heterocycles. The summed E-state index contributed by atoms with van der Waals surface area (Å²) in [6.45, 7) is 3.80. The Morgan fingerprint density at radius 3 is 2.37 bits per heavy atom. The number of carbonyl (C=O) groups is 2. The molecule has 7 heteroatoms. The summed E-state index contributed by atoms with van der Waals surface area (Å²) in [6, 6.07) is 14.5. The number of hydrogen-bond acceptors (Lipinski definition) is 6. The number of aryl methyl sites for hydroxylation is 2.